The van der Waals surface area contributed by atoms with E-state index in [2.05, 4.69) is 15.3 Å². The molecule has 24 heavy (non-hydrogen) atoms. The van der Waals surface area contributed by atoms with Crippen LogP contribution in [0.1, 0.15) is 0 Å². The van der Waals surface area contributed by atoms with Crippen molar-refractivity contribution in [1.82, 2.24) is 20.0 Å². The van der Waals surface area contributed by atoms with Gasteiger partial charge in [0.25, 0.3) is 10.7 Å². The van der Waals surface area contributed by atoms with Crippen LogP contribution in [0, 0.1) is 4.84 Å². The minimum absolute atomic E-state index is 0.183. The summed E-state index contributed by atoms with van der Waals surface area (Å²) >= 11 is 11.6. The molecule has 4 rings (SSSR count). The Morgan fingerprint density at radius 1 is 1.00 bits per heavy atom. The van der Waals surface area contributed by atoms with Crippen LogP contribution < -0.4 is 0 Å². The van der Waals surface area contributed by atoms with Crippen LogP contribution in [-0.4, -0.2) is 20.0 Å². The van der Waals surface area contributed by atoms with E-state index >= 15 is 0 Å². The van der Waals surface area contributed by atoms with Gasteiger partial charge >= 0.3 is 0 Å². The number of aromatic amines is 1. The summed E-state index contributed by atoms with van der Waals surface area (Å²) in [5, 5.41) is 11.8. The largest absolute Gasteiger partial charge is 0.408 e. The molecule has 0 aliphatic rings. The Morgan fingerprint density at radius 2 is 1.67 bits per heavy atom. The third-order valence-electron chi connectivity index (χ3n) is 3.52. The molecular formula is C17H11ClN4OS. The van der Waals surface area contributed by atoms with Gasteiger partial charge in [-0.2, -0.15) is 5.10 Å². The fourth-order valence-electron chi connectivity index (χ4n) is 2.45. The maximum atomic E-state index is 6.63. The van der Waals surface area contributed by atoms with Gasteiger partial charge in [-0.3, -0.25) is 0 Å². The highest BCUT2D eigenvalue weighted by Gasteiger charge is 2.23. The molecule has 0 radical (unpaired) electrons. The second-order valence-corrected chi connectivity index (χ2v) is 5.79. The highest BCUT2D eigenvalue weighted by molar-refractivity contribution is 7.71. The predicted molar refractivity (Wildman–Crippen MR) is 94.7 cm³/mol. The van der Waals surface area contributed by atoms with Crippen LogP contribution in [0.15, 0.2) is 65.1 Å². The summed E-state index contributed by atoms with van der Waals surface area (Å²) in [5.74, 6) is 0.295. The van der Waals surface area contributed by atoms with Gasteiger partial charge in [0.2, 0.25) is 0 Å². The van der Waals surface area contributed by atoms with Crippen molar-refractivity contribution in [1.29, 1.82) is 0 Å². The summed E-state index contributed by atoms with van der Waals surface area (Å²) in [6.45, 7) is 0. The summed E-state index contributed by atoms with van der Waals surface area (Å²) in [4.78, 5) is 0.183. The molecule has 0 spiro atoms. The van der Waals surface area contributed by atoms with E-state index in [1.807, 2.05) is 60.7 Å². The Balaban J connectivity index is 2.00. The Bertz CT molecular complexity index is 1040. The average molecular weight is 355 g/mol. The number of aromatic nitrogens is 4. The van der Waals surface area contributed by atoms with Crippen LogP contribution in [0.3, 0.4) is 0 Å². The van der Waals surface area contributed by atoms with Crippen LogP contribution in [0.2, 0.25) is 5.02 Å². The first-order chi connectivity index (χ1) is 11.7. The molecule has 0 atom stereocenters. The van der Waals surface area contributed by atoms with Gasteiger partial charge in [0.05, 0.1) is 5.69 Å². The van der Waals surface area contributed by atoms with E-state index in [1.165, 1.54) is 0 Å². The fraction of sp³-hybridized carbons (Fsp3) is 0. The Labute approximate surface area is 147 Å². The quantitative estimate of drug-likeness (QED) is 0.531. The molecule has 4 aromatic rings. The number of hydrogen-bond donors (Lipinski definition) is 1. The summed E-state index contributed by atoms with van der Waals surface area (Å²) in [6, 6.07) is 19.4. The molecule has 0 saturated carbocycles. The van der Waals surface area contributed by atoms with Crippen molar-refractivity contribution in [2.45, 2.75) is 0 Å². The highest BCUT2D eigenvalue weighted by Crippen LogP contribution is 2.37. The maximum Gasteiger partial charge on any atom is 0.284 e. The number of hydrogen-bond acceptors (Lipinski definition) is 4. The number of H-pyrrole nitrogens is 1. The van der Waals surface area contributed by atoms with Crippen molar-refractivity contribution in [3.05, 3.63) is 70.5 Å². The van der Waals surface area contributed by atoms with Gasteiger partial charge in [-0.25, -0.2) is 9.78 Å². The number of rotatable bonds is 3. The lowest BCUT2D eigenvalue weighted by Crippen LogP contribution is -1.99. The van der Waals surface area contributed by atoms with E-state index in [1.54, 1.807) is 4.68 Å². The second kappa shape index (κ2) is 6.07. The van der Waals surface area contributed by atoms with Crippen molar-refractivity contribution < 1.29 is 4.42 Å². The minimum atomic E-state index is 0.183. The molecule has 0 fully saturated rings. The zero-order chi connectivity index (χ0) is 16.5. The van der Waals surface area contributed by atoms with Crippen molar-refractivity contribution in [3.8, 4) is 28.5 Å². The lowest BCUT2D eigenvalue weighted by atomic mass is 10.1. The summed E-state index contributed by atoms with van der Waals surface area (Å²) in [6.07, 6.45) is 0. The van der Waals surface area contributed by atoms with Gasteiger partial charge in [-0.05, 0) is 24.4 Å². The normalized spacial score (nSPS) is 10.9. The van der Waals surface area contributed by atoms with Crippen LogP contribution in [0.5, 0.6) is 0 Å². The molecule has 0 saturated heterocycles. The Morgan fingerprint density at radius 3 is 2.29 bits per heavy atom. The van der Waals surface area contributed by atoms with Gasteiger partial charge in [-0.15, -0.1) is 5.10 Å². The molecule has 0 aliphatic heterocycles. The molecule has 2 aromatic heterocycles. The maximum absolute atomic E-state index is 6.63. The van der Waals surface area contributed by atoms with Gasteiger partial charge < -0.3 is 4.42 Å². The zero-order valence-electron chi connectivity index (χ0n) is 12.3. The van der Waals surface area contributed by atoms with E-state index in [0.717, 1.165) is 11.3 Å². The molecule has 0 unspecified atom stereocenters. The Kier molecular flexibility index (Phi) is 3.76. The minimum Gasteiger partial charge on any atom is -0.408 e. The van der Waals surface area contributed by atoms with E-state index in [0.29, 0.717) is 22.3 Å². The van der Waals surface area contributed by atoms with Gasteiger partial charge in [0.1, 0.15) is 10.7 Å². The zero-order valence-corrected chi connectivity index (χ0v) is 13.9. The molecule has 0 amide bonds. The van der Waals surface area contributed by atoms with Crippen LogP contribution in [0.25, 0.3) is 28.5 Å². The van der Waals surface area contributed by atoms with Crippen LogP contribution in [-0.2, 0) is 0 Å². The number of benzene rings is 2. The molecule has 1 N–H and O–H groups in total. The van der Waals surface area contributed by atoms with Crippen molar-refractivity contribution in [2.75, 3.05) is 0 Å². The molecule has 0 aliphatic carbocycles. The van der Waals surface area contributed by atoms with E-state index < -0.39 is 0 Å². The van der Waals surface area contributed by atoms with Gasteiger partial charge in [0, 0.05) is 5.56 Å². The Hall–Kier alpha value is -2.70. The average Bonchev–Trinajstić information content (AvgIpc) is 3.19. The SMILES string of the molecule is S=c1[nH]nc(-c2c(Cl)c(-c3ccccc3)nn2-c2ccccc2)o1. The van der Waals surface area contributed by atoms with E-state index in [9.17, 15) is 0 Å². The van der Waals surface area contributed by atoms with Crippen molar-refractivity contribution in [3.63, 3.8) is 0 Å². The molecular weight excluding hydrogens is 344 g/mol. The lowest BCUT2D eigenvalue weighted by Gasteiger charge is -2.04. The monoisotopic (exact) mass is 354 g/mol. The van der Waals surface area contributed by atoms with Crippen LogP contribution >= 0.6 is 23.8 Å². The van der Waals surface area contributed by atoms with E-state index in [4.69, 9.17) is 28.2 Å². The number of halogens is 1. The van der Waals surface area contributed by atoms with Crippen molar-refractivity contribution in [2.24, 2.45) is 0 Å². The van der Waals surface area contributed by atoms with Gasteiger partial charge in [-0.1, -0.05) is 60.1 Å². The topological polar surface area (TPSA) is 59.6 Å². The fourth-order valence-corrected chi connectivity index (χ4v) is 2.88. The first kappa shape index (κ1) is 14.9. The highest BCUT2D eigenvalue weighted by atomic mass is 35.5. The van der Waals surface area contributed by atoms with Crippen LogP contribution in [0.4, 0.5) is 0 Å². The number of para-hydroxylation sites is 1. The van der Waals surface area contributed by atoms with E-state index in [-0.39, 0.29) is 4.84 Å². The molecule has 5 nitrogen and oxygen atoms in total. The summed E-state index contributed by atoms with van der Waals surface area (Å²) < 4.78 is 7.17. The predicted octanol–water partition coefficient (Wildman–Crippen LogP) is 4.91. The van der Waals surface area contributed by atoms with Crippen molar-refractivity contribution >= 4 is 23.8 Å². The molecule has 0 bridgehead atoms. The first-order valence-electron chi connectivity index (χ1n) is 7.19. The first-order valence-corrected chi connectivity index (χ1v) is 7.98. The third-order valence-corrected chi connectivity index (χ3v) is 4.05. The lowest BCUT2D eigenvalue weighted by molar-refractivity contribution is 0.547. The number of nitrogens with one attached hydrogen (secondary N) is 1. The molecule has 118 valence electrons. The molecule has 2 aromatic carbocycles. The molecule has 2 heterocycles. The smallest absolute Gasteiger partial charge is 0.284 e. The van der Waals surface area contributed by atoms with Gasteiger partial charge in [0.15, 0.2) is 5.69 Å². The third kappa shape index (κ3) is 2.55. The molecule has 7 heteroatoms. The number of nitrogens with zero attached hydrogens (tertiary/aromatic N) is 3. The summed E-state index contributed by atoms with van der Waals surface area (Å²) in [5.41, 5.74) is 2.96. The summed E-state index contributed by atoms with van der Waals surface area (Å²) in [7, 11) is 0. The second-order valence-electron chi connectivity index (χ2n) is 5.04. The standard InChI is InChI=1S/C17H11ClN4OS/c18-13-14(11-7-3-1-4-8-11)21-22(12-9-5-2-6-10-12)15(13)16-19-20-17(24)23-16/h1-10H,(H,20,24).